The highest BCUT2D eigenvalue weighted by Gasteiger charge is 2.21. The summed E-state index contributed by atoms with van der Waals surface area (Å²) < 4.78 is 23.2. The molecule has 0 spiro atoms. The summed E-state index contributed by atoms with van der Waals surface area (Å²) in [6, 6.07) is 3.24. The summed E-state index contributed by atoms with van der Waals surface area (Å²) in [4.78, 5) is 4.31. The quantitative estimate of drug-likeness (QED) is 0.665. The third-order valence-electron chi connectivity index (χ3n) is 1.99. The Morgan fingerprint density at radius 2 is 2.31 bits per heavy atom. The van der Waals surface area contributed by atoms with Crippen molar-refractivity contribution in [3.05, 3.63) is 18.3 Å². The lowest BCUT2D eigenvalue weighted by atomic mass is 10.4. The number of hydrogen-bond donors (Lipinski definition) is 1. The lowest BCUT2D eigenvalue weighted by Gasteiger charge is -2.03. The standard InChI is InChI=1S/C8H10N2O2S/c11-13(12)6-2-5-10-8-7(13)3-1-4-9-8/h1,3-4H,2,5-6H2,(H,9,10). The highest BCUT2D eigenvalue weighted by Crippen LogP contribution is 2.22. The first kappa shape index (κ1) is 8.50. The highest BCUT2D eigenvalue weighted by molar-refractivity contribution is 7.91. The second-order valence-corrected chi connectivity index (χ2v) is 5.03. The van der Waals surface area contributed by atoms with Crippen molar-refractivity contribution in [3.63, 3.8) is 0 Å². The first-order valence-corrected chi connectivity index (χ1v) is 5.77. The van der Waals surface area contributed by atoms with Gasteiger partial charge in [0.2, 0.25) is 0 Å². The molecule has 0 unspecified atom stereocenters. The van der Waals surface area contributed by atoms with Crippen molar-refractivity contribution < 1.29 is 8.42 Å². The summed E-state index contributed by atoms with van der Waals surface area (Å²) in [6.07, 6.45) is 2.23. The molecule has 5 heteroatoms. The number of sulfone groups is 1. The van der Waals surface area contributed by atoms with Gasteiger partial charge in [-0.25, -0.2) is 13.4 Å². The van der Waals surface area contributed by atoms with Crippen molar-refractivity contribution in [2.45, 2.75) is 11.3 Å². The lowest BCUT2D eigenvalue weighted by molar-refractivity contribution is 0.595. The topological polar surface area (TPSA) is 59.1 Å². The van der Waals surface area contributed by atoms with Gasteiger partial charge in [-0.1, -0.05) is 0 Å². The smallest absolute Gasteiger partial charge is 0.182 e. The lowest BCUT2D eigenvalue weighted by Crippen LogP contribution is -2.05. The number of rotatable bonds is 0. The van der Waals surface area contributed by atoms with E-state index < -0.39 is 9.84 Å². The molecule has 2 heterocycles. The van der Waals surface area contributed by atoms with Crippen LogP contribution in [0.2, 0.25) is 0 Å². The first-order chi connectivity index (χ1) is 6.20. The van der Waals surface area contributed by atoms with Gasteiger partial charge < -0.3 is 5.32 Å². The van der Waals surface area contributed by atoms with Crippen LogP contribution < -0.4 is 5.32 Å². The van der Waals surface area contributed by atoms with Crippen molar-refractivity contribution in [1.82, 2.24) is 4.98 Å². The Morgan fingerprint density at radius 3 is 3.15 bits per heavy atom. The SMILES string of the molecule is O=S1(=O)CCCNc2ncccc21. The van der Waals surface area contributed by atoms with Gasteiger partial charge in [0.1, 0.15) is 10.7 Å². The molecule has 2 rings (SSSR count). The van der Waals surface area contributed by atoms with Gasteiger partial charge in [0.25, 0.3) is 0 Å². The molecule has 0 aliphatic carbocycles. The first-order valence-electron chi connectivity index (χ1n) is 4.12. The molecule has 0 bridgehead atoms. The van der Waals surface area contributed by atoms with Gasteiger partial charge in [-0.05, 0) is 18.6 Å². The van der Waals surface area contributed by atoms with E-state index >= 15 is 0 Å². The fraction of sp³-hybridized carbons (Fsp3) is 0.375. The Bertz CT molecular complexity index is 414. The Labute approximate surface area is 76.9 Å². The van der Waals surface area contributed by atoms with E-state index in [1.54, 1.807) is 18.3 Å². The van der Waals surface area contributed by atoms with Gasteiger partial charge in [-0.3, -0.25) is 0 Å². The van der Waals surface area contributed by atoms with Crippen LogP contribution in [-0.4, -0.2) is 25.7 Å². The normalized spacial score (nSPS) is 19.7. The van der Waals surface area contributed by atoms with Crippen LogP contribution in [0.3, 0.4) is 0 Å². The largest absolute Gasteiger partial charge is 0.369 e. The molecule has 0 fully saturated rings. The van der Waals surface area contributed by atoms with Crippen LogP contribution >= 0.6 is 0 Å². The Balaban J connectivity index is 2.62. The van der Waals surface area contributed by atoms with Gasteiger partial charge in [-0.2, -0.15) is 0 Å². The molecule has 0 saturated heterocycles. The molecular weight excluding hydrogens is 188 g/mol. The van der Waals surface area contributed by atoms with Crippen LogP contribution in [0, 0.1) is 0 Å². The predicted molar refractivity (Wildman–Crippen MR) is 49.4 cm³/mol. The molecule has 1 aliphatic rings. The molecule has 1 N–H and O–H groups in total. The van der Waals surface area contributed by atoms with E-state index in [-0.39, 0.29) is 5.75 Å². The maximum absolute atomic E-state index is 11.6. The van der Waals surface area contributed by atoms with E-state index in [9.17, 15) is 8.42 Å². The van der Waals surface area contributed by atoms with Crippen molar-refractivity contribution >= 4 is 15.7 Å². The molecule has 1 aliphatic heterocycles. The minimum atomic E-state index is -3.10. The van der Waals surface area contributed by atoms with Gasteiger partial charge >= 0.3 is 0 Å². The fourth-order valence-electron chi connectivity index (χ4n) is 1.35. The second-order valence-electron chi connectivity index (χ2n) is 2.95. The fourth-order valence-corrected chi connectivity index (χ4v) is 2.80. The zero-order chi connectivity index (χ0) is 9.31. The molecule has 0 amide bonds. The van der Waals surface area contributed by atoms with Crippen molar-refractivity contribution in [1.29, 1.82) is 0 Å². The van der Waals surface area contributed by atoms with Crippen LogP contribution in [-0.2, 0) is 9.84 Å². The van der Waals surface area contributed by atoms with Crippen LogP contribution in [0.15, 0.2) is 23.2 Å². The summed E-state index contributed by atoms with van der Waals surface area (Å²) in [5.74, 6) is 0.693. The van der Waals surface area contributed by atoms with Crippen LogP contribution in [0.25, 0.3) is 0 Å². The average molecular weight is 198 g/mol. The number of aromatic nitrogens is 1. The zero-order valence-corrected chi connectivity index (χ0v) is 7.84. The van der Waals surface area contributed by atoms with E-state index in [4.69, 9.17) is 0 Å². The van der Waals surface area contributed by atoms with Crippen LogP contribution in [0.1, 0.15) is 6.42 Å². The third kappa shape index (κ3) is 1.51. The number of nitrogens with zero attached hydrogens (tertiary/aromatic N) is 1. The molecule has 0 atom stereocenters. The summed E-state index contributed by atoms with van der Waals surface area (Å²) in [6.45, 7) is 0.670. The maximum Gasteiger partial charge on any atom is 0.182 e. The molecule has 0 radical (unpaired) electrons. The number of nitrogens with one attached hydrogen (secondary N) is 1. The monoisotopic (exact) mass is 198 g/mol. The minimum Gasteiger partial charge on any atom is -0.369 e. The van der Waals surface area contributed by atoms with Gasteiger partial charge in [-0.15, -0.1) is 0 Å². The highest BCUT2D eigenvalue weighted by atomic mass is 32.2. The molecule has 13 heavy (non-hydrogen) atoms. The Morgan fingerprint density at radius 1 is 1.46 bits per heavy atom. The summed E-state index contributed by atoms with van der Waals surface area (Å²) in [7, 11) is -3.10. The summed E-state index contributed by atoms with van der Waals surface area (Å²) in [5, 5.41) is 2.99. The maximum atomic E-state index is 11.6. The zero-order valence-electron chi connectivity index (χ0n) is 7.03. The van der Waals surface area contributed by atoms with Crippen LogP contribution in [0.5, 0.6) is 0 Å². The van der Waals surface area contributed by atoms with E-state index in [1.807, 2.05) is 0 Å². The van der Waals surface area contributed by atoms with Gasteiger partial charge in [0.15, 0.2) is 9.84 Å². The van der Waals surface area contributed by atoms with E-state index in [0.717, 1.165) is 0 Å². The van der Waals surface area contributed by atoms with Crippen molar-refractivity contribution in [3.8, 4) is 0 Å². The van der Waals surface area contributed by atoms with Crippen molar-refractivity contribution in [2.75, 3.05) is 17.6 Å². The number of anilines is 1. The molecule has 0 saturated carbocycles. The summed E-state index contributed by atoms with van der Waals surface area (Å²) >= 11 is 0. The molecule has 0 aromatic carbocycles. The van der Waals surface area contributed by atoms with Crippen LogP contribution in [0.4, 0.5) is 5.82 Å². The molecule has 4 nitrogen and oxygen atoms in total. The number of fused-ring (bicyclic) bond motifs is 1. The average Bonchev–Trinajstić information content (AvgIpc) is 2.26. The number of hydrogen-bond acceptors (Lipinski definition) is 4. The predicted octanol–water partition coefficient (Wildman–Crippen LogP) is 0.671. The summed E-state index contributed by atoms with van der Waals surface area (Å²) in [5.41, 5.74) is 0. The molecule has 1 aromatic heterocycles. The van der Waals surface area contributed by atoms with Gasteiger partial charge in [0, 0.05) is 12.7 Å². The van der Waals surface area contributed by atoms with Crippen molar-refractivity contribution in [2.24, 2.45) is 0 Å². The Hall–Kier alpha value is -1.10. The molecule has 70 valence electrons. The number of pyridine rings is 1. The molecular formula is C8H10N2O2S. The van der Waals surface area contributed by atoms with E-state index in [0.29, 0.717) is 23.7 Å². The van der Waals surface area contributed by atoms with Gasteiger partial charge in [0.05, 0.1) is 5.75 Å². The Kier molecular flexibility index (Phi) is 1.95. The van der Waals surface area contributed by atoms with E-state index in [1.165, 1.54) is 0 Å². The third-order valence-corrected chi connectivity index (χ3v) is 3.81. The molecule has 1 aromatic rings. The van der Waals surface area contributed by atoms with E-state index in [2.05, 4.69) is 10.3 Å². The minimum absolute atomic E-state index is 0.207. The second kappa shape index (κ2) is 2.99.